The van der Waals surface area contributed by atoms with Crippen LogP contribution >= 0.6 is 24.8 Å². The molecule has 0 saturated heterocycles. The number of anilines is 1. The molecule has 0 aliphatic carbocycles. The van der Waals surface area contributed by atoms with Gasteiger partial charge in [0.2, 0.25) is 0 Å². The van der Waals surface area contributed by atoms with Gasteiger partial charge >= 0.3 is 0 Å². The molecule has 9 heteroatoms. The number of nitrogens with zero attached hydrogens (tertiary/aromatic N) is 4. The highest BCUT2D eigenvalue weighted by Gasteiger charge is 2.19. The predicted molar refractivity (Wildman–Crippen MR) is 107 cm³/mol. The Bertz CT molecular complexity index is 647. The van der Waals surface area contributed by atoms with Gasteiger partial charge in [0.25, 0.3) is 5.88 Å². The number of nitrogen functional groups attached to an aromatic ring is 1. The largest absolute Gasteiger partial charge is 0.472 e. The number of rotatable bonds is 9. The molecule has 0 fully saturated rings. The van der Waals surface area contributed by atoms with Gasteiger partial charge in [-0.25, -0.2) is 4.98 Å². The minimum atomic E-state index is 0. The van der Waals surface area contributed by atoms with E-state index in [0.29, 0.717) is 23.8 Å². The van der Waals surface area contributed by atoms with Crippen molar-refractivity contribution in [1.82, 2.24) is 19.7 Å². The smallest absolute Gasteiger partial charge is 0.260 e. The SMILES string of the molecule is CCCCc1nc2c(N)nnc(OC(C)C)c2n1CCCCN.Cl.Cl. The van der Waals surface area contributed by atoms with Gasteiger partial charge in [-0.15, -0.1) is 35.0 Å². The van der Waals surface area contributed by atoms with Crippen LogP contribution in [-0.4, -0.2) is 32.4 Å². The summed E-state index contributed by atoms with van der Waals surface area (Å²) in [7, 11) is 0. The Hall–Kier alpha value is -1.31. The van der Waals surface area contributed by atoms with Crippen LogP contribution in [0.2, 0.25) is 0 Å². The summed E-state index contributed by atoms with van der Waals surface area (Å²) in [6.45, 7) is 7.64. The molecule has 0 aliphatic rings. The molecule has 0 aliphatic heterocycles. The molecule has 4 N–H and O–H groups in total. The lowest BCUT2D eigenvalue weighted by Gasteiger charge is -2.13. The highest BCUT2D eigenvalue weighted by atomic mass is 35.5. The van der Waals surface area contributed by atoms with Gasteiger partial charge in [-0.3, -0.25) is 0 Å². The molecule has 2 aromatic heterocycles. The van der Waals surface area contributed by atoms with Gasteiger partial charge < -0.3 is 20.8 Å². The van der Waals surface area contributed by atoms with Crippen LogP contribution in [-0.2, 0) is 13.0 Å². The molecule has 2 heterocycles. The van der Waals surface area contributed by atoms with Gasteiger partial charge in [0.15, 0.2) is 5.82 Å². The predicted octanol–water partition coefficient (Wildman–Crippen LogP) is 3.12. The number of unbranched alkanes of at least 4 members (excludes halogenated alkanes) is 2. The summed E-state index contributed by atoms with van der Waals surface area (Å²) in [5.74, 6) is 1.88. The van der Waals surface area contributed by atoms with Crippen molar-refractivity contribution in [3.8, 4) is 5.88 Å². The van der Waals surface area contributed by atoms with Crippen molar-refractivity contribution in [3.05, 3.63) is 5.82 Å². The van der Waals surface area contributed by atoms with E-state index < -0.39 is 0 Å². The second kappa shape index (κ2) is 11.3. The minimum absolute atomic E-state index is 0. The maximum absolute atomic E-state index is 6.00. The van der Waals surface area contributed by atoms with E-state index in [1.807, 2.05) is 13.8 Å². The third-order valence-corrected chi connectivity index (χ3v) is 3.68. The van der Waals surface area contributed by atoms with Gasteiger partial charge in [0.05, 0.1) is 6.10 Å². The van der Waals surface area contributed by atoms with Crippen LogP contribution < -0.4 is 16.2 Å². The van der Waals surface area contributed by atoms with Crippen molar-refractivity contribution in [2.45, 2.75) is 65.5 Å². The third kappa shape index (κ3) is 5.87. The first-order valence-corrected chi connectivity index (χ1v) is 8.46. The van der Waals surface area contributed by atoms with Crippen molar-refractivity contribution in [2.24, 2.45) is 5.73 Å². The first-order chi connectivity index (χ1) is 11.1. The van der Waals surface area contributed by atoms with E-state index in [-0.39, 0.29) is 30.9 Å². The molecule has 0 amide bonds. The maximum atomic E-state index is 6.00. The average molecular weight is 393 g/mol. The second-order valence-electron chi connectivity index (χ2n) is 6.03. The fourth-order valence-corrected chi connectivity index (χ4v) is 2.57. The summed E-state index contributed by atoms with van der Waals surface area (Å²) in [6, 6.07) is 0. The highest BCUT2D eigenvalue weighted by molar-refractivity contribution is 5.88. The van der Waals surface area contributed by atoms with E-state index >= 15 is 0 Å². The molecule has 0 unspecified atom stereocenters. The minimum Gasteiger partial charge on any atom is -0.472 e. The molecular weight excluding hydrogens is 363 g/mol. The molecule has 144 valence electrons. The first kappa shape index (κ1) is 23.7. The molecule has 2 rings (SSSR count). The maximum Gasteiger partial charge on any atom is 0.260 e. The van der Waals surface area contributed by atoms with Crippen LogP contribution in [0.1, 0.15) is 52.3 Å². The number of fused-ring (bicyclic) bond motifs is 1. The topological polar surface area (TPSA) is 105 Å². The summed E-state index contributed by atoms with van der Waals surface area (Å²) in [6.07, 6.45) is 5.09. The van der Waals surface area contributed by atoms with Crippen LogP contribution in [0, 0.1) is 0 Å². The molecule has 0 aromatic carbocycles. The van der Waals surface area contributed by atoms with E-state index in [9.17, 15) is 0 Å². The summed E-state index contributed by atoms with van der Waals surface area (Å²) in [5.41, 5.74) is 13.2. The van der Waals surface area contributed by atoms with Crippen molar-refractivity contribution in [1.29, 1.82) is 0 Å². The lowest BCUT2D eigenvalue weighted by atomic mass is 10.2. The van der Waals surface area contributed by atoms with Gasteiger partial charge in [-0.1, -0.05) is 13.3 Å². The van der Waals surface area contributed by atoms with Crippen LogP contribution in [0.25, 0.3) is 11.0 Å². The molecule has 7 nitrogen and oxygen atoms in total. The standard InChI is InChI=1S/C16H28N6O.2ClH/c1-4-5-8-12-19-13-14(22(12)10-7-6-9-17)16(23-11(2)3)21-20-15(13)18;;/h11H,4-10,17H2,1-3H3,(H2,18,20);2*1H. The van der Waals surface area contributed by atoms with Crippen LogP contribution in [0.3, 0.4) is 0 Å². The monoisotopic (exact) mass is 392 g/mol. The first-order valence-electron chi connectivity index (χ1n) is 8.46. The quantitative estimate of drug-likeness (QED) is 0.634. The highest BCUT2D eigenvalue weighted by Crippen LogP contribution is 2.29. The fourth-order valence-electron chi connectivity index (χ4n) is 2.57. The van der Waals surface area contributed by atoms with Crippen LogP contribution in [0.5, 0.6) is 5.88 Å². The Balaban J connectivity index is 0.00000288. The van der Waals surface area contributed by atoms with E-state index in [2.05, 4.69) is 21.7 Å². The number of nitrogens with two attached hydrogens (primary N) is 2. The molecule has 0 saturated carbocycles. The van der Waals surface area contributed by atoms with Gasteiger partial charge in [0, 0.05) is 13.0 Å². The zero-order valence-corrected chi connectivity index (χ0v) is 16.8. The Morgan fingerprint density at radius 3 is 2.44 bits per heavy atom. The number of ether oxygens (including phenoxy) is 1. The third-order valence-electron chi connectivity index (χ3n) is 3.68. The van der Waals surface area contributed by atoms with Crippen molar-refractivity contribution >= 4 is 41.7 Å². The molecule has 0 radical (unpaired) electrons. The van der Waals surface area contributed by atoms with Crippen LogP contribution in [0.4, 0.5) is 5.82 Å². The van der Waals surface area contributed by atoms with Crippen LogP contribution in [0.15, 0.2) is 0 Å². The van der Waals surface area contributed by atoms with E-state index in [4.69, 9.17) is 21.2 Å². The number of aryl methyl sites for hydroxylation is 2. The normalized spacial score (nSPS) is 10.6. The van der Waals surface area contributed by atoms with Gasteiger partial charge in [-0.05, 0) is 39.7 Å². The van der Waals surface area contributed by atoms with Gasteiger partial charge in [0.1, 0.15) is 16.9 Å². The number of hydrogen-bond acceptors (Lipinski definition) is 6. The molecule has 0 atom stereocenters. The Morgan fingerprint density at radius 2 is 1.84 bits per heavy atom. The number of aromatic nitrogens is 4. The van der Waals surface area contributed by atoms with Crippen molar-refractivity contribution < 1.29 is 4.74 Å². The van der Waals surface area contributed by atoms with Gasteiger partial charge in [-0.2, -0.15) is 0 Å². The van der Waals surface area contributed by atoms with E-state index in [1.165, 1.54) is 0 Å². The second-order valence-corrected chi connectivity index (χ2v) is 6.03. The summed E-state index contributed by atoms with van der Waals surface area (Å²) in [5, 5.41) is 8.14. The molecule has 0 spiro atoms. The van der Waals surface area contributed by atoms with E-state index in [0.717, 1.165) is 50.0 Å². The molecule has 2 aromatic rings. The summed E-state index contributed by atoms with van der Waals surface area (Å²) in [4.78, 5) is 4.72. The van der Waals surface area contributed by atoms with Crippen molar-refractivity contribution in [2.75, 3.05) is 12.3 Å². The zero-order chi connectivity index (χ0) is 16.8. The Morgan fingerprint density at radius 1 is 1.12 bits per heavy atom. The summed E-state index contributed by atoms with van der Waals surface area (Å²) < 4.78 is 8.02. The zero-order valence-electron chi connectivity index (χ0n) is 15.2. The number of hydrogen-bond donors (Lipinski definition) is 2. The average Bonchev–Trinajstić information content (AvgIpc) is 2.88. The molecule has 25 heavy (non-hydrogen) atoms. The lowest BCUT2D eigenvalue weighted by Crippen LogP contribution is -2.12. The Kier molecular flexibility index (Phi) is 10.7. The molecular formula is C16H30Cl2N6O. The lowest BCUT2D eigenvalue weighted by molar-refractivity contribution is 0.232. The Labute approximate surface area is 161 Å². The summed E-state index contributed by atoms with van der Waals surface area (Å²) >= 11 is 0. The number of imidazole rings is 1. The number of halogens is 2. The molecule has 0 bridgehead atoms. The fraction of sp³-hybridized carbons (Fsp3) is 0.688. The van der Waals surface area contributed by atoms with Crippen molar-refractivity contribution in [3.63, 3.8) is 0 Å². The van der Waals surface area contributed by atoms with E-state index in [1.54, 1.807) is 0 Å².